The molecule has 1 unspecified atom stereocenters. The predicted octanol–water partition coefficient (Wildman–Crippen LogP) is 1.06. The number of nitrogens with zero attached hydrogens (tertiary/aromatic N) is 5. The highest BCUT2D eigenvalue weighted by molar-refractivity contribution is 5.81. The second-order valence-electron chi connectivity index (χ2n) is 7.41. The number of aromatic nitrogens is 4. The van der Waals surface area contributed by atoms with E-state index in [0.29, 0.717) is 18.1 Å². The van der Waals surface area contributed by atoms with Gasteiger partial charge in [-0.1, -0.05) is 6.92 Å². The number of pyridine rings is 2. The lowest BCUT2D eigenvalue weighted by Crippen LogP contribution is -2.50. The van der Waals surface area contributed by atoms with E-state index in [-0.39, 0.29) is 0 Å². The fourth-order valence-corrected chi connectivity index (χ4v) is 3.88. The highest BCUT2D eigenvalue weighted by Crippen LogP contribution is 2.35. The minimum Gasteiger partial charge on any atom is -0.384 e. The van der Waals surface area contributed by atoms with Crippen molar-refractivity contribution in [1.29, 1.82) is 0 Å². The molecule has 3 aromatic rings. The van der Waals surface area contributed by atoms with E-state index in [4.69, 9.17) is 26.3 Å². The number of rotatable bonds is 3. The summed E-state index contributed by atoms with van der Waals surface area (Å²) in [5.74, 6) is 1.05. The number of nitrogen functional groups attached to an aromatic ring is 1. The zero-order valence-electron chi connectivity index (χ0n) is 16.3. The Morgan fingerprint density at radius 1 is 1.28 bits per heavy atom. The van der Waals surface area contributed by atoms with Crippen molar-refractivity contribution >= 4 is 22.7 Å². The number of hydrogen-bond acceptors (Lipinski definition) is 8. The smallest absolute Gasteiger partial charge is 0.184 e. The molecule has 0 bridgehead atoms. The summed E-state index contributed by atoms with van der Waals surface area (Å²) in [7, 11) is 0. The highest BCUT2D eigenvalue weighted by atomic mass is 16.5. The minimum absolute atomic E-state index is 0.438. The lowest BCUT2D eigenvalue weighted by Gasteiger charge is -2.35. The Balaban J connectivity index is 1.56. The summed E-state index contributed by atoms with van der Waals surface area (Å²) in [5, 5.41) is 8.03. The Morgan fingerprint density at radius 2 is 2.10 bits per heavy atom. The SMILES string of the molecule is CCC1(N)NC=C(c2nc3ccc(N4CCOCC4)cn3n2)c2cc(N)ncc21. The third-order valence-corrected chi connectivity index (χ3v) is 5.66. The molecular formula is C20H24N8O. The van der Waals surface area contributed by atoms with Crippen LogP contribution < -0.4 is 21.7 Å². The molecule has 9 nitrogen and oxygen atoms in total. The van der Waals surface area contributed by atoms with Crippen LogP contribution in [0.4, 0.5) is 11.5 Å². The summed E-state index contributed by atoms with van der Waals surface area (Å²) in [6.45, 7) is 5.25. The Labute approximate surface area is 168 Å². The summed E-state index contributed by atoms with van der Waals surface area (Å²) >= 11 is 0. The van der Waals surface area contributed by atoms with Gasteiger partial charge in [0, 0.05) is 36.6 Å². The van der Waals surface area contributed by atoms with Crippen molar-refractivity contribution in [3.63, 3.8) is 0 Å². The van der Waals surface area contributed by atoms with Gasteiger partial charge in [-0.2, -0.15) is 0 Å². The maximum Gasteiger partial charge on any atom is 0.184 e. The monoisotopic (exact) mass is 392 g/mol. The summed E-state index contributed by atoms with van der Waals surface area (Å²) in [6.07, 6.45) is 6.33. The van der Waals surface area contributed by atoms with Crippen molar-refractivity contribution in [2.45, 2.75) is 19.0 Å². The van der Waals surface area contributed by atoms with Crippen molar-refractivity contribution in [1.82, 2.24) is 24.9 Å². The molecule has 3 aromatic heterocycles. The highest BCUT2D eigenvalue weighted by Gasteiger charge is 2.33. The van der Waals surface area contributed by atoms with Gasteiger partial charge >= 0.3 is 0 Å². The van der Waals surface area contributed by atoms with Gasteiger partial charge < -0.3 is 26.4 Å². The largest absolute Gasteiger partial charge is 0.384 e. The standard InChI is InChI=1S/C20H24N8O/c1-2-20(22)16-11-23-17(21)9-14(16)15(10-24-20)19-25-18-4-3-13(12-28(18)26-19)27-5-7-29-8-6-27/h3-4,9-12,24H,2,5-8,22H2,1H3,(H2,21,23). The summed E-state index contributed by atoms with van der Waals surface area (Å²) in [6, 6.07) is 5.90. The topological polar surface area (TPSA) is 120 Å². The van der Waals surface area contributed by atoms with Gasteiger partial charge in [-0.15, -0.1) is 5.10 Å². The predicted molar refractivity (Wildman–Crippen MR) is 111 cm³/mol. The van der Waals surface area contributed by atoms with Gasteiger partial charge in [0.05, 0.1) is 25.1 Å². The molecule has 0 amide bonds. The molecule has 2 aliphatic heterocycles. The van der Waals surface area contributed by atoms with Crippen LogP contribution in [0.3, 0.4) is 0 Å². The Kier molecular flexibility index (Phi) is 4.14. The number of morpholine rings is 1. The van der Waals surface area contributed by atoms with Crippen molar-refractivity contribution in [2.24, 2.45) is 5.73 Å². The first kappa shape index (κ1) is 17.9. The van der Waals surface area contributed by atoms with Gasteiger partial charge in [-0.3, -0.25) is 0 Å². The van der Waals surface area contributed by atoms with Gasteiger partial charge in [0.2, 0.25) is 0 Å². The number of nitrogens with one attached hydrogen (secondary N) is 1. The Hall–Kier alpha value is -3.17. The van der Waals surface area contributed by atoms with Crippen LogP contribution in [0.1, 0.15) is 30.3 Å². The van der Waals surface area contributed by atoms with Crippen molar-refractivity contribution in [3.8, 4) is 0 Å². The third-order valence-electron chi connectivity index (χ3n) is 5.66. The molecule has 0 radical (unpaired) electrons. The summed E-state index contributed by atoms with van der Waals surface area (Å²) in [5.41, 5.74) is 16.3. The van der Waals surface area contributed by atoms with E-state index in [1.54, 1.807) is 6.20 Å². The number of anilines is 2. The number of hydrogen-bond donors (Lipinski definition) is 3. The normalized spacial score (nSPS) is 21.6. The van der Waals surface area contributed by atoms with E-state index in [0.717, 1.165) is 54.3 Å². The average Bonchev–Trinajstić information content (AvgIpc) is 3.17. The first-order valence-corrected chi connectivity index (χ1v) is 9.80. The van der Waals surface area contributed by atoms with Crippen LogP contribution in [-0.2, 0) is 10.4 Å². The first-order chi connectivity index (χ1) is 14.1. The molecule has 1 saturated heterocycles. The van der Waals surface area contributed by atoms with Crippen LogP contribution in [0.25, 0.3) is 11.2 Å². The molecule has 2 aliphatic rings. The second kappa shape index (κ2) is 6.71. The molecule has 0 aliphatic carbocycles. The van der Waals surface area contributed by atoms with Crippen LogP contribution in [0, 0.1) is 0 Å². The molecule has 5 rings (SSSR count). The van der Waals surface area contributed by atoms with E-state index in [1.165, 1.54) is 0 Å². The molecule has 1 fully saturated rings. The molecular weight excluding hydrogens is 368 g/mol. The molecule has 0 spiro atoms. The van der Waals surface area contributed by atoms with Crippen molar-refractivity contribution < 1.29 is 4.74 Å². The van der Waals surface area contributed by atoms with Crippen molar-refractivity contribution in [3.05, 3.63) is 53.7 Å². The van der Waals surface area contributed by atoms with E-state index in [9.17, 15) is 0 Å². The van der Waals surface area contributed by atoms with Crippen LogP contribution in [0.2, 0.25) is 0 Å². The van der Waals surface area contributed by atoms with Gasteiger partial charge in [0.15, 0.2) is 11.5 Å². The maximum absolute atomic E-state index is 6.54. The molecule has 5 N–H and O–H groups in total. The molecule has 150 valence electrons. The van der Waals surface area contributed by atoms with Crippen LogP contribution in [0.5, 0.6) is 0 Å². The molecule has 0 aromatic carbocycles. The minimum atomic E-state index is -0.692. The number of fused-ring (bicyclic) bond motifs is 2. The quantitative estimate of drug-likeness (QED) is 0.605. The Bertz CT molecular complexity index is 1100. The fraction of sp³-hybridized carbons (Fsp3) is 0.350. The zero-order valence-corrected chi connectivity index (χ0v) is 16.3. The molecule has 1 atom stereocenters. The zero-order chi connectivity index (χ0) is 20.0. The summed E-state index contributed by atoms with van der Waals surface area (Å²) < 4.78 is 7.26. The van der Waals surface area contributed by atoms with E-state index < -0.39 is 5.66 Å². The average molecular weight is 392 g/mol. The Morgan fingerprint density at radius 3 is 2.90 bits per heavy atom. The lowest BCUT2D eigenvalue weighted by atomic mass is 9.88. The first-order valence-electron chi connectivity index (χ1n) is 9.80. The fourth-order valence-electron chi connectivity index (χ4n) is 3.88. The van der Waals surface area contributed by atoms with E-state index in [1.807, 2.05) is 36.0 Å². The van der Waals surface area contributed by atoms with Gasteiger partial charge in [0.1, 0.15) is 11.5 Å². The maximum atomic E-state index is 6.54. The molecule has 29 heavy (non-hydrogen) atoms. The number of nitrogens with two attached hydrogens (primary N) is 2. The molecule has 0 saturated carbocycles. The van der Waals surface area contributed by atoms with E-state index >= 15 is 0 Å². The van der Waals surface area contributed by atoms with E-state index in [2.05, 4.69) is 21.3 Å². The van der Waals surface area contributed by atoms with Crippen LogP contribution >= 0.6 is 0 Å². The molecule has 9 heteroatoms. The number of ether oxygens (including phenoxy) is 1. The summed E-state index contributed by atoms with van der Waals surface area (Å²) in [4.78, 5) is 11.3. The lowest BCUT2D eigenvalue weighted by molar-refractivity contribution is 0.122. The molecule has 5 heterocycles. The van der Waals surface area contributed by atoms with Gasteiger partial charge in [-0.05, 0) is 30.2 Å². The van der Waals surface area contributed by atoms with Crippen molar-refractivity contribution in [2.75, 3.05) is 36.9 Å². The van der Waals surface area contributed by atoms with Gasteiger partial charge in [-0.25, -0.2) is 14.5 Å². The van der Waals surface area contributed by atoms with Crippen LogP contribution in [0.15, 0.2) is 36.8 Å². The van der Waals surface area contributed by atoms with Gasteiger partial charge in [0.25, 0.3) is 0 Å². The third kappa shape index (κ3) is 2.99. The second-order valence-corrected chi connectivity index (χ2v) is 7.41. The van der Waals surface area contributed by atoms with Crippen LogP contribution in [-0.4, -0.2) is 45.9 Å².